The van der Waals surface area contributed by atoms with Crippen molar-refractivity contribution in [3.63, 3.8) is 0 Å². The molecular weight excluding hydrogens is 304 g/mol. The van der Waals surface area contributed by atoms with Gasteiger partial charge < -0.3 is 19.6 Å². The smallest absolute Gasteiger partial charge is 0.257 e. The molecule has 2 aliphatic rings. The van der Waals surface area contributed by atoms with Gasteiger partial charge in [-0.2, -0.15) is 0 Å². The molecule has 0 spiro atoms. The molecule has 2 saturated heterocycles. The van der Waals surface area contributed by atoms with Gasteiger partial charge in [-0.1, -0.05) is 12.1 Å². The first-order chi connectivity index (χ1) is 11.5. The SMILES string of the molecule is COc1c(C)cccc1C(=O)N1CC[C@@]2(CO)CCCN(C)[C@@H]2C1. The Morgan fingerprint density at radius 1 is 1.38 bits per heavy atom. The second-order valence-electron chi connectivity index (χ2n) is 7.28. The zero-order chi connectivity index (χ0) is 17.3. The number of ether oxygens (including phenoxy) is 1. The summed E-state index contributed by atoms with van der Waals surface area (Å²) in [6.45, 7) is 4.56. The van der Waals surface area contributed by atoms with Crippen molar-refractivity contribution >= 4 is 5.91 Å². The number of carbonyl (C=O) groups is 1. The molecule has 2 atom stereocenters. The second kappa shape index (κ2) is 6.73. The normalized spacial score (nSPS) is 27.7. The third kappa shape index (κ3) is 2.80. The number of amides is 1. The van der Waals surface area contributed by atoms with Crippen LogP contribution < -0.4 is 4.74 Å². The molecule has 5 heteroatoms. The summed E-state index contributed by atoms with van der Waals surface area (Å²) in [6, 6.07) is 5.92. The minimum Gasteiger partial charge on any atom is -0.496 e. The minimum atomic E-state index is -0.0551. The highest BCUT2D eigenvalue weighted by Crippen LogP contribution is 2.42. The summed E-state index contributed by atoms with van der Waals surface area (Å²) in [4.78, 5) is 17.3. The van der Waals surface area contributed by atoms with Gasteiger partial charge in [-0.15, -0.1) is 0 Å². The number of likely N-dealkylation sites (tertiary alicyclic amines) is 2. The molecule has 0 saturated carbocycles. The van der Waals surface area contributed by atoms with Crippen LogP contribution in [0.2, 0.25) is 0 Å². The lowest BCUT2D eigenvalue weighted by Crippen LogP contribution is -2.62. The van der Waals surface area contributed by atoms with Crippen molar-refractivity contribution in [2.24, 2.45) is 5.41 Å². The molecule has 1 aromatic rings. The lowest BCUT2D eigenvalue weighted by Gasteiger charge is -2.53. The Morgan fingerprint density at radius 3 is 2.88 bits per heavy atom. The first-order valence-corrected chi connectivity index (χ1v) is 8.76. The Labute approximate surface area is 144 Å². The largest absolute Gasteiger partial charge is 0.496 e. The van der Waals surface area contributed by atoms with Crippen LogP contribution in [0, 0.1) is 12.3 Å². The Balaban J connectivity index is 1.84. The predicted molar refractivity (Wildman–Crippen MR) is 93.4 cm³/mol. The summed E-state index contributed by atoms with van der Waals surface area (Å²) in [5.41, 5.74) is 1.55. The molecule has 0 unspecified atom stereocenters. The van der Waals surface area contributed by atoms with Gasteiger partial charge in [0.05, 0.1) is 19.3 Å². The first kappa shape index (κ1) is 17.2. The number of carbonyl (C=O) groups excluding carboxylic acids is 1. The fourth-order valence-electron chi connectivity index (χ4n) is 4.46. The van der Waals surface area contributed by atoms with Gasteiger partial charge in [-0.3, -0.25) is 4.79 Å². The summed E-state index contributed by atoms with van der Waals surface area (Å²) < 4.78 is 5.46. The number of aliphatic hydroxyl groups excluding tert-OH is 1. The van der Waals surface area contributed by atoms with Gasteiger partial charge in [-0.25, -0.2) is 0 Å². The molecule has 2 fully saturated rings. The van der Waals surface area contributed by atoms with E-state index in [0.29, 0.717) is 24.4 Å². The van der Waals surface area contributed by atoms with E-state index in [1.165, 1.54) is 0 Å². The number of hydrogen-bond donors (Lipinski definition) is 1. The van der Waals surface area contributed by atoms with Gasteiger partial charge >= 0.3 is 0 Å². The van der Waals surface area contributed by atoms with Crippen molar-refractivity contribution in [1.82, 2.24) is 9.80 Å². The molecule has 2 aliphatic heterocycles. The summed E-state index contributed by atoms with van der Waals surface area (Å²) in [5, 5.41) is 10.0. The average molecular weight is 332 g/mol. The summed E-state index contributed by atoms with van der Waals surface area (Å²) in [6.07, 6.45) is 3.03. The highest BCUT2D eigenvalue weighted by molar-refractivity contribution is 5.97. The summed E-state index contributed by atoms with van der Waals surface area (Å²) >= 11 is 0. The minimum absolute atomic E-state index is 0.0288. The lowest BCUT2D eigenvalue weighted by atomic mass is 9.69. The molecule has 0 aromatic heterocycles. The molecule has 0 aliphatic carbocycles. The van der Waals surface area contributed by atoms with Gasteiger partial charge in [0.1, 0.15) is 5.75 Å². The molecule has 0 bridgehead atoms. The molecule has 24 heavy (non-hydrogen) atoms. The van der Waals surface area contributed by atoms with Crippen molar-refractivity contribution in [1.29, 1.82) is 0 Å². The fraction of sp³-hybridized carbons (Fsp3) is 0.632. The van der Waals surface area contributed by atoms with Crippen LogP contribution in [0.1, 0.15) is 35.2 Å². The van der Waals surface area contributed by atoms with E-state index in [-0.39, 0.29) is 24.0 Å². The van der Waals surface area contributed by atoms with Crippen LogP contribution in [0.4, 0.5) is 0 Å². The molecule has 1 N–H and O–H groups in total. The molecule has 5 nitrogen and oxygen atoms in total. The molecule has 132 valence electrons. The van der Waals surface area contributed by atoms with Crippen molar-refractivity contribution in [3.05, 3.63) is 29.3 Å². The van der Waals surface area contributed by atoms with E-state index in [2.05, 4.69) is 11.9 Å². The Hall–Kier alpha value is -1.59. The number of likely N-dealkylation sites (N-methyl/N-ethyl adjacent to an activating group) is 1. The van der Waals surface area contributed by atoms with Gasteiger partial charge in [0.15, 0.2) is 0 Å². The number of rotatable bonds is 3. The second-order valence-corrected chi connectivity index (χ2v) is 7.28. The Kier molecular flexibility index (Phi) is 4.83. The number of methoxy groups -OCH3 is 1. The highest BCUT2D eigenvalue weighted by atomic mass is 16.5. The number of aliphatic hydroxyl groups is 1. The quantitative estimate of drug-likeness (QED) is 0.919. The molecule has 1 aromatic carbocycles. The summed E-state index contributed by atoms with van der Waals surface area (Å²) in [7, 11) is 3.72. The van der Waals surface area contributed by atoms with Crippen LogP contribution in [-0.4, -0.2) is 67.3 Å². The van der Waals surface area contributed by atoms with Crippen LogP contribution >= 0.6 is 0 Å². The van der Waals surface area contributed by atoms with E-state index >= 15 is 0 Å². The van der Waals surface area contributed by atoms with E-state index in [4.69, 9.17) is 4.74 Å². The molecule has 0 radical (unpaired) electrons. The predicted octanol–water partition coefficient (Wildman–Crippen LogP) is 1.92. The van der Waals surface area contributed by atoms with E-state index in [9.17, 15) is 9.90 Å². The molecule has 2 heterocycles. The van der Waals surface area contributed by atoms with Gasteiger partial charge in [0.2, 0.25) is 0 Å². The monoisotopic (exact) mass is 332 g/mol. The highest BCUT2D eigenvalue weighted by Gasteiger charge is 2.47. The number of hydrogen-bond acceptors (Lipinski definition) is 4. The number of fused-ring (bicyclic) bond motifs is 1. The van der Waals surface area contributed by atoms with Crippen molar-refractivity contribution in [2.45, 2.75) is 32.2 Å². The topological polar surface area (TPSA) is 53.0 Å². The van der Waals surface area contributed by atoms with E-state index in [1.807, 2.05) is 30.0 Å². The van der Waals surface area contributed by atoms with Gasteiger partial charge in [-0.05, 0) is 51.4 Å². The standard InChI is InChI=1S/C19H28N2O3/c1-14-6-4-7-15(17(14)24-3)18(23)21-11-9-19(13-22)8-5-10-20(2)16(19)12-21/h4,6-7,16,22H,5,8-13H2,1-3H3/t16-,19-/m1/s1. The van der Waals surface area contributed by atoms with Crippen molar-refractivity contribution in [3.8, 4) is 5.75 Å². The number of nitrogens with zero attached hydrogens (tertiary/aromatic N) is 2. The van der Waals surface area contributed by atoms with Crippen LogP contribution in [0.3, 0.4) is 0 Å². The fourth-order valence-corrected chi connectivity index (χ4v) is 4.46. The summed E-state index contributed by atoms with van der Waals surface area (Å²) in [5.74, 6) is 0.694. The number of piperidine rings is 2. The van der Waals surface area contributed by atoms with E-state index in [1.54, 1.807) is 7.11 Å². The third-order valence-corrected chi connectivity index (χ3v) is 5.95. The van der Waals surface area contributed by atoms with Gasteiger partial charge in [0.25, 0.3) is 5.91 Å². The third-order valence-electron chi connectivity index (χ3n) is 5.95. The molecule has 3 rings (SSSR count). The van der Waals surface area contributed by atoms with Crippen LogP contribution in [0.15, 0.2) is 18.2 Å². The maximum absolute atomic E-state index is 13.1. The van der Waals surface area contributed by atoms with Crippen molar-refractivity contribution < 1.29 is 14.6 Å². The lowest BCUT2D eigenvalue weighted by molar-refractivity contribution is -0.0601. The maximum atomic E-state index is 13.1. The van der Waals surface area contributed by atoms with Crippen molar-refractivity contribution in [2.75, 3.05) is 40.4 Å². The molecule has 1 amide bonds. The zero-order valence-electron chi connectivity index (χ0n) is 14.9. The van der Waals surface area contributed by atoms with Crippen LogP contribution in [0.25, 0.3) is 0 Å². The van der Waals surface area contributed by atoms with E-state index in [0.717, 1.165) is 31.4 Å². The van der Waals surface area contributed by atoms with E-state index < -0.39 is 0 Å². The van der Waals surface area contributed by atoms with Gasteiger partial charge in [0, 0.05) is 24.5 Å². The van der Waals surface area contributed by atoms with Crippen LogP contribution in [0.5, 0.6) is 5.75 Å². The Morgan fingerprint density at radius 2 is 2.17 bits per heavy atom. The number of para-hydroxylation sites is 1. The van der Waals surface area contributed by atoms with Crippen LogP contribution in [-0.2, 0) is 0 Å². The number of benzene rings is 1. The average Bonchev–Trinajstić information content (AvgIpc) is 2.61. The Bertz CT molecular complexity index is 619. The number of aryl methyl sites for hydroxylation is 1. The maximum Gasteiger partial charge on any atom is 0.257 e. The first-order valence-electron chi connectivity index (χ1n) is 8.76. The zero-order valence-corrected chi connectivity index (χ0v) is 14.9. The molecular formula is C19H28N2O3.